The molecular weight excluding hydrogens is 313 g/mol. The Morgan fingerprint density at radius 2 is 2.09 bits per heavy atom. The summed E-state index contributed by atoms with van der Waals surface area (Å²) in [7, 11) is -4.05. The molecule has 22 heavy (non-hydrogen) atoms. The van der Waals surface area contributed by atoms with E-state index in [0.29, 0.717) is 13.0 Å². The van der Waals surface area contributed by atoms with Crippen molar-refractivity contribution in [3.05, 3.63) is 29.6 Å². The Bertz CT molecular complexity index is 705. The van der Waals surface area contributed by atoms with Crippen molar-refractivity contribution in [3.8, 4) is 0 Å². The SMILES string of the molecule is NS(=O)(=O)c1ccc(F)c(C(=O)NC2CCCCNC2=O)c1. The topological polar surface area (TPSA) is 118 Å². The molecule has 1 aliphatic rings. The Morgan fingerprint density at radius 1 is 1.36 bits per heavy atom. The van der Waals surface area contributed by atoms with Crippen molar-refractivity contribution in [2.75, 3.05) is 6.54 Å². The maximum absolute atomic E-state index is 13.7. The molecule has 0 radical (unpaired) electrons. The molecule has 1 unspecified atom stereocenters. The summed E-state index contributed by atoms with van der Waals surface area (Å²) in [5.74, 6) is -2.09. The van der Waals surface area contributed by atoms with Crippen LogP contribution < -0.4 is 15.8 Å². The lowest BCUT2D eigenvalue weighted by Crippen LogP contribution is -2.45. The number of hydrogen-bond acceptors (Lipinski definition) is 4. The molecule has 120 valence electrons. The van der Waals surface area contributed by atoms with Crippen molar-refractivity contribution < 1.29 is 22.4 Å². The van der Waals surface area contributed by atoms with Crippen LogP contribution in [0.3, 0.4) is 0 Å². The first-order chi connectivity index (χ1) is 10.3. The Hall–Kier alpha value is -2.00. The van der Waals surface area contributed by atoms with Crippen LogP contribution in [0.2, 0.25) is 0 Å². The number of benzene rings is 1. The zero-order chi connectivity index (χ0) is 16.3. The molecule has 1 atom stereocenters. The second kappa shape index (κ2) is 6.41. The maximum Gasteiger partial charge on any atom is 0.254 e. The van der Waals surface area contributed by atoms with Gasteiger partial charge in [0.05, 0.1) is 10.5 Å². The number of sulfonamides is 1. The first-order valence-corrected chi connectivity index (χ1v) is 8.24. The second-order valence-corrected chi connectivity index (χ2v) is 6.56. The normalized spacial score (nSPS) is 19.2. The van der Waals surface area contributed by atoms with E-state index in [0.717, 1.165) is 31.0 Å². The van der Waals surface area contributed by atoms with Gasteiger partial charge >= 0.3 is 0 Å². The number of carbonyl (C=O) groups excluding carboxylic acids is 2. The van der Waals surface area contributed by atoms with E-state index in [1.807, 2.05) is 0 Å². The van der Waals surface area contributed by atoms with Gasteiger partial charge in [-0.25, -0.2) is 17.9 Å². The minimum absolute atomic E-state index is 0.339. The summed E-state index contributed by atoms with van der Waals surface area (Å²) < 4.78 is 36.3. The Kier molecular flexibility index (Phi) is 4.77. The van der Waals surface area contributed by atoms with E-state index in [9.17, 15) is 22.4 Å². The van der Waals surface area contributed by atoms with E-state index in [2.05, 4.69) is 10.6 Å². The van der Waals surface area contributed by atoms with Crippen LogP contribution in [0.25, 0.3) is 0 Å². The Balaban J connectivity index is 2.23. The standard InChI is InChI=1S/C13H16FN3O4S/c14-10-5-4-8(22(15,20)21)7-9(10)12(18)17-11-3-1-2-6-16-13(11)19/h4-5,7,11H,1-3,6H2,(H,16,19)(H,17,18)(H2,15,20,21). The van der Waals surface area contributed by atoms with Crippen molar-refractivity contribution in [2.24, 2.45) is 5.14 Å². The van der Waals surface area contributed by atoms with Crippen molar-refractivity contribution >= 4 is 21.8 Å². The predicted molar refractivity (Wildman–Crippen MR) is 75.9 cm³/mol. The molecule has 0 aromatic heterocycles. The average molecular weight is 329 g/mol. The van der Waals surface area contributed by atoms with Gasteiger partial charge in [0, 0.05) is 6.54 Å². The van der Waals surface area contributed by atoms with Crippen LogP contribution in [0.15, 0.2) is 23.1 Å². The van der Waals surface area contributed by atoms with E-state index >= 15 is 0 Å². The van der Waals surface area contributed by atoms with Gasteiger partial charge in [-0.2, -0.15) is 0 Å². The van der Waals surface area contributed by atoms with E-state index in [1.165, 1.54) is 0 Å². The molecule has 1 saturated heterocycles. The Morgan fingerprint density at radius 3 is 2.77 bits per heavy atom. The quantitative estimate of drug-likeness (QED) is 0.716. The van der Waals surface area contributed by atoms with Crippen LogP contribution in [0, 0.1) is 5.82 Å². The fourth-order valence-electron chi connectivity index (χ4n) is 2.17. The zero-order valence-electron chi connectivity index (χ0n) is 11.6. The van der Waals surface area contributed by atoms with E-state index in [-0.39, 0.29) is 10.8 Å². The van der Waals surface area contributed by atoms with Crippen LogP contribution in [0.4, 0.5) is 4.39 Å². The van der Waals surface area contributed by atoms with Crippen LogP contribution in [-0.2, 0) is 14.8 Å². The summed E-state index contributed by atoms with van der Waals surface area (Å²) in [6.45, 7) is 0.528. The van der Waals surface area contributed by atoms with Crippen molar-refractivity contribution in [3.63, 3.8) is 0 Å². The summed E-state index contributed by atoms with van der Waals surface area (Å²) in [4.78, 5) is 23.5. The number of primary sulfonamides is 1. The van der Waals surface area contributed by atoms with Gasteiger partial charge in [0.25, 0.3) is 5.91 Å². The summed E-state index contributed by atoms with van der Waals surface area (Å²) in [5.41, 5.74) is -0.469. The molecule has 0 bridgehead atoms. The fraction of sp³-hybridized carbons (Fsp3) is 0.385. The largest absolute Gasteiger partial charge is 0.354 e. The van der Waals surface area contributed by atoms with Crippen molar-refractivity contribution in [2.45, 2.75) is 30.2 Å². The van der Waals surface area contributed by atoms with Gasteiger partial charge in [0.15, 0.2) is 0 Å². The summed E-state index contributed by atoms with van der Waals surface area (Å²) in [6, 6.07) is 1.91. The summed E-state index contributed by atoms with van der Waals surface area (Å²) >= 11 is 0. The molecule has 2 rings (SSSR count). The summed E-state index contributed by atoms with van der Waals surface area (Å²) in [5, 5.41) is 10.0. The number of rotatable bonds is 3. The average Bonchev–Trinajstić information content (AvgIpc) is 2.63. The second-order valence-electron chi connectivity index (χ2n) is 5.00. The molecule has 0 aliphatic carbocycles. The highest BCUT2D eigenvalue weighted by Crippen LogP contribution is 2.15. The Labute approximate surface area is 127 Å². The van der Waals surface area contributed by atoms with Gasteiger partial charge < -0.3 is 10.6 Å². The molecule has 9 heteroatoms. The van der Waals surface area contributed by atoms with E-state index in [1.54, 1.807) is 0 Å². The number of nitrogens with two attached hydrogens (primary N) is 1. The molecule has 0 saturated carbocycles. The lowest BCUT2D eigenvalue weighted by molar-refractivity contribution is -0.122. The molecule has 7 nitrogen and oxygen atoms in total. The molecular formula is C13H16FN3O4S. The lowest BCUT2D eigenvalue weighted by atomic mass is 10.1. The fourth-order valence-corrected chi connectivity index (χ4v) is 2.71. The maximum atomic E-state index is 13.7. The van der Waals surface area contributed by atoms with Gasteiger partial charge in [0.2, 0.25) is 15.9 Å². The van der Waals surface area contributed by atoms with Crippen LogP contribution in [-0.4, -0.2) is 32.8 Å². The smallest absolute Gasteiger partial charge is 0.254 e. The molecule has 1 aromatic carbocycles. The van der Waals surface area contributed by atoms with Crippen LogP contribution in [0.5, 0.6) is 0 Å². The van der Waals surface area contributed by atoms with Crippen LogP contribution in [0.1, 0.15) is 29.6 Å². The van der Waals surface area contributed by atoms with E-state index < -0.39 is 33.4 Å². The van der Waals surface area contributed by atoms with Crippen LogP contribution >= 0.6 is 0 Å². The monoisotopic (exact) mass is 329 g/mol. The number of amides is 2. The highest BCUT2D eigenvalue weighted by molar-refractivity contribution is 7.89. The predicted octanol–water partition coefficient (Wildman–Crippen LogP) is -0.128. The number of hydrogen-bond donors (Lipinski definition) is 3. The molecule has 4 N–H and O–H groups in total. The highest BCUT2D eigenvalue weighted by Gasteiger charge is 2.25. The van der Waals surface area contributed by atoms with Gasteiger partial charge in [-0.15, -0.1) is 0 Å². The molecule has 1 aromatic rings. The van der Waals surface area contributed by atoms with Gasteiger partial charge in [-0.05, 0) is 37.5 Å². The molecule has 1 heterocycles. The first-order valence-electron chi connectivity index (χ1n) is 6.70. The molecule has 0 spiro atoms. The van der Waals surface area contributed by atoms with Gasteiger partial charge in [-0.1, -0.05) is 0 Å². The van der Waals surface area contributed by atoms with Gasteiger partial charge in [0.1, 0.15) is 11.9 Å². The third kappa shape index (κ3) is 3.80. The number of carbonyl (C=O) groups is 2. The number of halogens is 1. The number of nitrogens with one attached hydrogen (secondary N) is 2. The van der Waals surface area contributed by atoms with E-state index in [4.69, 9.17) is 5.14 Å². The third-order valence-corrected chi connectivity index (χ3v) is 4.26. The zero-order valence-corrected chi connectivity index (χ0v) is 12.5. The minimum Gasteiger partial charge on any atom is -0.354 e. The lowest BCUT2D eigenvalue weighted by Gasteiger charge is -2.15. The van der Waals surface area contributed by atoms with Crippen molar-refractivity contribution in [1.82, 2.24) is 10.6 Å². The third-order valence-electron chi connectivity index (χ3n) is 3.35. The van der Waals surface area contributed by atoms with Crippen molar-refractivity contribution in [1.29, 1.82) is 0 Å². The molecule has 1 fully saturated rings. The molecule has 1 aliphatic heterocycles. The molecule has 2 amide bonds. The first kappa shape index (κ1) is 16.4. The highest BCUT2D eigenvalue weighted by atomic mass is 32.2. The summed E-state index contributed by atoms with van der Waals surface area (Å²) in [6.07, 6.45) is 1.98. The van der Waals surface area contributed by atoms with Gasteiger partial charge in [-0.3, -0.25) is 9.59 Å². The minimum atomic E-state index is -4.05.